The summed E-state index contributed by atoms with van der Waals surface area (Å²) >= 11 is 5.16. The number of carbonyl (C=O) groups is 1. The highest BCUT2D eigenvalue weighted by atomic mass is 32.1. The van der Waals surface area contributed by atoms with Gasteiger partial charge in [0.15, 0.2) is 5.11 Å². The van der Waals surface area contributed by atoms with Gasteiger partial charge in [0.1, 0.15) is 18.1 Å². The minimum absolute atomic E-state index is 0.167. The van der Waals surface area contributed by atoms with E-state index in [4.69, 9.17) is 17.0 Å². The smallest absolute Gasteiger partial charge is 0.277 e. The van der Waals surface area contributed by atoms with Gasteiger partial charge in [0.25, 0.3) is 5.91 Å². The van der Waals surface area contributed by atoms with Gasteiger partial charge in [0, 0.05) is 24.1 Å². The number of benzene rings is 2. The predicted octanol–water partition coefficient (Wildman–Crippen LogP) is 3.18. The van der Waals surface area contributed by atoms with Crippen molar-refractivity contribution >= 4 is 28.9 Å². The van der Waals surface area contributed by atoms with E-state index in [2.05, 4.69) is 20.6 Å². The average molecular weight is 364 g/mol. The lowest BCUT2D eigenvalue weighted by molar-refractivity contribution is 0.0972. The molecule has 0 radical (unpaired) electrons. The Kier molecular flexibility index (Phi) is 5.84. The fraction of sp³-hybridized carbons (Fsp3) is 0.0526. The van der Waals surface area contributed by atoms with Gasteiger partial charge >= 0.3 is 0 Å². The number of amides is 1. The highest BCUT2D eigenvalue weighted by Gasteiger charge is 2.09. The summed E-state index contributed by atoms with van der Waals surface area (Å²) in [4.78, 5) is 19.8. The van der Waals surface area contributed by atoms with E-state index in [0.717, 1.165) is 5.56 Å². The molecule has 0 saturated carbocycles. The zero-order valence-corrected chi connectivity index (χ0v) is 14.6. The predicted molar refractivity (Wildman–Crippen MR) is 103 cm³/mol. The molecular formula is C19H16N4O2S. The second-order valence-electron chi connectivity index (χ2n) is 5.30. The molecule has 26 heavy (non-hydrogen) atoms. The van der Waals surface area contributed by atoms with Crippen molar-refractivity contribution in [3.8, 4) is 5.75 Å². The van der Waals surface area contributed by atoms with E-state index in [1.54, 1.807) is 0 Å². The topological polar surface area (TPSA) is 76.1 Å². The minimum atomic E-state index is -0.424. The van der Waals surface area contributed by atoms with Crippen LogP contribution in [-0.2, 0) is 6.61 Å². The molecule has 0 atom stereocenters. The van der Waals surface area contributed by atoms with E-state index < -0.39 is 5.91 Å². The third-order valence-electron chi connectivity index (χ3n) is 3.36. The number of ether oxygens (including phenoxy) is 1. The first-order chi connectivity index (χ1) is 12.7. The molecule has 0 bridgehead atoms. The molecule has 6 nitrogen and oxygen atoms in total. The zero-order chi connectivity index (χ0) is 18.2. The number of thiocarbonyl (C=S) groups is 1. The Morgan fingerprint density at radius 1 is 1.08 bits per heavy atom. The Hall–Kier alpha value is -3.32. The van der Waals surface area contributed by atoms with Gasteiger partial charge in [-0.05, 0) is 29.9 Å². The summed E-state index contributed by atoms with van der Waals surface area (Å²) in [6, 6.07) is 17.2. The Bertz CT molecular complexity index is 888. The van der Waals surface area contributed by atoms with Crippen molar-refractivity contribution in [1.82, 2.24) is 15.3 Å². The van der Waals surface area contributed by atoms with Gasteiger partial charge in [-0.25, -0.2) is 4.98 Å². The number of hydrogen-bond donors (Lipinski definition) is 2. The molecular weight excluding hydrogens is 348 g/mol. The number of carbonyl (C=O) groups excluding carboxylic acids is 1. The van der Waals surface area contributed by atoms with Crippen LogP contribution in [-0.4, -0.2) is 21.0 Å². The number of rotatable bonds is 5. The minimum Gasteiger partial charge on any atom is -0.489 e. The van der Waals surface area contributed by atoms with Crippen molar-refractivity contribution in [2.75, 3.05) is 5.32 Å². The molecule has 1 heterocycles. The molecule has 0 fully saturated rings. The fourth-order valence-corrected chi connectivity index (χ4v) is 2.36. The maximum atomic E-state index is 12.0. The molecule has 1 aromatic heterocycles. The Morgan fingerprint density at radius 2 is 1.92 bits per heavy atom. The van der Waals surface area contributed by atoms with Gasteiger partial charge in [-0.2, -0.15) is 0 Å². The Morgan fingerprint density at radius 3 is 2.69 bits per heavy atom. The van der Waals surface area contributed by atoms with Crippen LogP contribution < -0.4 is 15.4 Å². The standard InChI is InChI=1S/C19H16N4O2S/c24-18(17-12-20-9-10-21-17)23-19(26)22-15-7-4-8-16(11-15)25-13-14-5-2-1-3-6-14/h1-12H,13H2,(H2,22,23,24,26). The van der Waals surface area contributed by atoms with Crippen LogP contribution in [0, 0.1) is 0 Å². The first-order valence-corrected chi connectivity index (χ1v) is 8.27. The summed E-state index contributed by atoms with van der Waals surface area (Å²) < 4.78 is 5.78. The van der Waals surface area contributed by atoms with Crippen molar-refractivity contribution in [2.45, 2.75) is 6.61 Å². The molecule has 0 saturated heterocycles. The number of anilines is 1. The van der Waals surface area contributed by atoms with Gasteiger partial charge in [-0.3, -0.25) is 15.1 Å². The molecule has 7 heteroatoms. The second-order valence-corrected chi connectivity index (χ2v) is 5.71. The second kappa shape index (κ2) is 8.68. The molecule has 1 amide bonds. The van der Waals surface area contributed by atoms with Crippen molar-refractivity contribution in [1.29, 1.82) is 0 Å². The lowest BCUT2D eigenvalue weighted by atomic mass is 10.2. The summed E-state index contributed by atoms with van der Waals surface area (Å²) in [6.07, 6.45) is 4.31. The Labute approximate surface area is 156 Å². The van der Waals surface area contributed by atoms with Crippen LogP contribution in [0.4, 0.5) is 5.69 Å². The zero-order valence-electron chi connectivity index (χ0n) is 13.8. The van der Waals surface area contributed by atoms with Gasteiger partial charge in [0.05, 0.1) is 6.20 Å². The number of hydrogen-bond acceptors (Lipinski definition) is 5. The van der Waals surface area contributed by atoms with E-state index in [9.17, 15) is 4.79 Å². The first-order valence-electron chi connectivity index (χ1n) is 7.86. The maximum absolute atomic E-state index is 12.0. The number of nitrogens with zero attached hydrogens (tertiary/aromatic N) is 2. The fourth-order valence-electron chi connectivity index (χ4n) is 2.15. The van der Waals surface area contributed by atoms with Crippen LogP contribution in [0.3, 0.4) is 0 Å². The largest absolute Gasteiger partial charge is 0.489 e. The summed E-state index contributed by atoms with van der Waals surface area (Å²) in [7, 11) is 0. The van der Waals surface area contributed by atoms with Gasteiger partial charge in [0.2, 0.25) is 0 Å². The van der Waals surface area contributed by atoms with Crippen molar-refractivity contribution in [2.24, 2.45) is 0 Å². The van der Waals surface area contributed by atoms with Crippen molar-refractivity contribution in [3.63, 3.8) is 0 Å². The van der Waals surface area contributed by atoms with Crippen LogP contribution in [0.15, 0.2) is 73.2 Å². The van der Waals surface area contributed by atoms with Crippen LogP contribution >= 0.6 is 12.2 Å². The lowest BCUT2D eigenvalue weighted by Gasteiger charge is -2.11. The van der Waals surface area contributed by atoms with Gasteiger partial charge < -0.3 is 10.1 Å². The molecule has 3 rings (SSSR count). The summed E-state index contributed by atoms with van der Waals surface area (Å²) in [5.74, 6) is 0.272. The van der Waals surface area contributed by atoms with E-state index in [1.165, 1.54) is 18.6 Å². The summed E-state index contributed by atoms with van der Waals surface area (Å²) in [6.45, 7) is 0.470. The third kappa shape index (κ3) is 5.09. The molecule has 130 valence electrons. The molecule has 0 spiro atoms. The van der Waals surface area contributed by atoms with Crippen LogP contribution in [0.5, 0.6) is 5.75 Å². The molecule has 2 aromatic carbocycles. The number of nitrogens with one attached hydrogen (secondary N) is 2. The molecule has 2 N–H and O–H groups in total. The lowest BCUT2D eigenvalue weighted by Crippen LogP contribution is -2.34. The van der Waals surface area contributed by atoms with E-state index >= 15 is 0 Å². The molecule has 3 aromatic rings. The first kappa shape index (κ1) is 17.5. The van der Waals surface area contributed by atoms with Gasteiger partial charge in [-0.15, -0.1) is 0 Å². The highest BCUT2D eigenvalue weighted by Crippen LogP contribution is 2.18. The quantitative estimate of drug-likeness (QED) is 0.677. The van der Waals surface area contributed by atoms with Crippen LogP contribution in [0.2, 0.25) is 0 Å². The molecule has 0 aliphatic rings. The normalized spacial score (nSPS) is 10.0. The number of aromatic nitrogens is 2. The third-order valence-corrected chi connectivity index (χ3v) is 3.57. The van der Waals surface area contributed by atoms with Crippen LogP contribution in [0.25, 0.3) is 0 Å². The van der Waals surface area contributed by atoms with Gasteiger partial charge in [-0.1, -0.05) is 36.4 Å². The van der Waals surface area contributed by atoms with Crippen molar-refractivity contribution in [3.05, 3.63) is 84.4 Å². The maximum Gasteiger partial charge on any atom is 0.277 e. The monoisotopic (exact) mass is 364 g/mol. The molecule has 0 aliphatic carbocycles. The highest BCUT2D eigenvalue weighted by molar-refractivity contribution is 7.80. The van der Waals surface area contributed by atoms with E-state index in [1.807, 2.05) is 54.6 Å². The summed E-state index contributed by atoms with van der Waals surface area (Å²) in [5.41, 5.74) is 1.98. The average Bonchev–Trinajstić information content (AvgIpc) is 2.68. The van der Waals surface area contributed by atoms with E-state index in [-0.39, 0.29) is 10.8 Å². The molecule has 0 aliphatic heterocycles. The molecule has 0 unspecified atom stereocenters. The van der Waals surface area contributed by atoms with E-state index in [0.29, 0.717) is 18.0 Å². The summed E-state index contributed by atoms with van der Waals surface area (Å²) in [5, 5.41) is 5.68. The SMILES string of the molecule is O=C(NC(=S)Nc1cccc(OCc2ccccc2)c1)c1cnccn1. The Balaban J connectivity index is 1.56. The van der Waals surface area contributed by atoms with Crippen LogP contribution in [0.1, 0.15) is 16.1 Å². The van der Waals surface area contributed by atoms with Crippen molar-refractivity contribution < 1.29 is 9.53 Å².